The number of benzene rings is 1. The summed E-state index contributed by atoms with van der Waals surface area (Å²) in [6.45, 7) is 5.30. The normalized spacial score (nSPS) is 13.9. The predicted octanol–water partition coefficient (Wildman–Crippen LogP) is -2.42. The van der Waals surface area contributed by atoms with E-state index < -0.39 is 82.7 Å². The van der Waals surface area contributed by atoms with Crippen molar-refractivity contribution in [2.75, 3.05) is 5.75 Å². The largest absolute Gasteiger partial charge is 0.549 e. The van der Waals surface area contributed by atoms with Gasteiger partial charge in [-0.05, 0) is 39.7 Å². The van der Waals surface area contributed by atoms with Gasteiger partial charge in [-0.3, -0.25) is 28.8 Å². The van der Waals surface area contributed by atoms with E-state index in [4.69, 9.17) is 10.5 Å². The lowest BCUT2D eigenvalue weighted by atomic mass is 10.1. The van der Waals surface area contributed by atoms with Crippen LogP contribution in [0.3, 0.4) is 0 Å². The third-order valence-electron chi connectivity index (χ3n) is 5.85. The first-order valence-corrected chi connectivity index (χ1v) is 14.4. The van der Waals surface area contributed by atoms with Gasteiger partial charge in [0.25, 0.3) is 0 Å². The first kappa shape index (κ1) is 37.4. The molecular weight excluding hydrogens is 600 g/mol. The number of carboxylic acids is 1. The summed E-state index contributed by atoms with van der Waals surface area (Å²) in [5, 5.41) is 21.8. The molecule has 0 spiro atoms. The van der Waals surface area contributed by atoms with Gasteiger partial charge in [0.15, 0.2) is 5.12 Å². The van der Waals surface area contributed by atoms with Gasteiger partial charge in [-0.2, -0.15) is 0 Å². The molecule has 0 aromatic heterocycles. The maximum Gasteiger partial charge on any atom is 0.408 e. The quantitative estimate of drug-likeness (QED) is 0.105. The molecule has 7 N–H and O–H groups in total. The lowest BCUT2D eigenvalue weighted by Gasteiger charge is -2.24. The molecule has 1 aromatic carbocycles. The van der Waals surface area contributed by atoms with Crippen molar-refractivity contribution >= 4 is 58.5 Å². The Morgan fingerprint density at radius 1 is 0.750 bits per heavy atom. The number of hydrogen-bond acceptors (Lipinski definition) is 11. The van der Waals surface area contributed by atoms with E-state index >= 15 is 0 Å². The molecular formula is C27H37N6O10S-. The van der Waals surface area contributed by atoms with Crippen molar-refractivity contribution in [2.24, 2.45) is 5.73 Å². The topological polar surface area (TPSA) is 255 Å². The zero-order chi connectivity index (χ0) is 33.4. The third kappa shape index (κ3) is 14.5. The smallest absolute Gasteiger partial charge is 0.408 e. The number of hydrogen-bond donors (Lipinski definition) is 6. The summed E-state index contributed by atoms with van der Waals surface area (Å²) < 4.78 is 5.07. The minimum atomic E-state index is -1.46. The highest BCUT2D eigenvalue weighted by atomic mass is 32.2. The molecule has 17 heteroatoms. The Morgan fingerprint density at radius 3 is 1.80 bits per heavy atom. The Bertz CT molecular complexity index is 1210. The van der Waals surface area contributed by atoms with Gasteiger partial charge in [-0.1, -0.05) is 42.1 Å². The molecule has 0 aliphatic rings. The van der Waals surface area contributed by atoms with Gasteiger partial charge in [0, 0.05) is 12.2 Å². The predicted molar refractivity (Wildman–Crippen MR) is 155 cm³/mol. The summed E-state index contributed by atoms with van der Waals surface area (Å²) in [4.78, 5) is 96.7. The van der Waals surface area contributed by atoms with E-state index in [1.807, 2.05) is 0 Å². The second kappa shape index (κ2) is 18.8. The molecule has 6 amide bonds. The minimum absolute atomic E-state index is 0.0259. The van der Waals surface area contributed by atoms with Crippen molar-refractivity contribution < 1.29 is 48.2 Å². The maximum absolute atomic E-state index is 13.0. The Morgan fingerprint density at radius 2 is 1.25 bits per heavy atom. The van der Waals surface area contributed by atoms with Gasteiger partial charge in [-0.15, -0.1) is 0 Å². The molecule has 0 heterocycles. The molecule has 0 aliphatic carbocycles. The second-order valence-corrected chi connectivity index (χ2v) is 10.7. The summed E-state index contributed by atoms with van der Waals surface area (Å²) in [6, 6.07) is 2.92. The summed E-state index contributed by atoms with van der Waals surface area (Å²) in [5.74, 6) is -6.08. The van der Waals surface area contributed by atoms with Gasteiger partial charge >= 0.3 is 6.09 Å². The minimum Gasteiger partial charge on any atom is -0.549 e. The molecule has 242 valence electrons. The molecule has 1 rings (SSSR count). The lowest BCUT2D eigenvalue weighted by Crippen LogP contribution is -2.57. The van der Waals surface area contributed by atoms with Crippen molar-refractivity contribution in [3.05, 3.63) is 35.9 Å². The van der Waals surface area contributed by atoms with Crippen LogP contribution in [0.1, 0.15) is 46.1 Å². The van der Waals surface area contributed by atoms with Crippen molar-refractivity contribution in [3.63, 3.8) is 0 Å². The summed E-state index contributed by atoms with van der Waals surface area (Å²) in [7, 11) is 0. The van der Waals surface area contributed by atoms with Crippen LogP contribution in [-0.4, -0.2) is 82.7 Å². The van der Waals surface area contributed by atoms with Crippen LogP contribution in [-0.2, 0) is 44.9 Å². The van der Waals surface area contributed by atoms with Crippen LogP contribution >= 0.6 is 11.8 Å². The van der Waals surface area contributed by atoms with Crippen LogP contribution in [0.25, 0.3) is 0 Å². The number of amides is 6. The highest BCUT2D eigenvalue weighted by Gasteiger charge is 2.29. The molecule has 16 nitrogen and oxygen atoms in total. The fraction of sp³-hybridized carbons (Fsp3) is 0.481. The molecule has 44 heavy (non-hydrogen) atoms. The second-order valence-electron chi connectivity index (χ2n) is 9.65. The summed E-state index contributed by atoms with van der Waals surface area (Å²) >= 11 is 0.455. The first-order valence-electron chi connectivity index (χ1n) is 13.4. The van der Waals surface area contributed by atoms with Crippen LogP contribution < -0.4 is 37.4 Å². The number of rotatable bonds is 17. The maximum atomic E-state index is 13.0. The highest BCUT2D eigenvalue weighted by Crippen LogP contribution is 2.10. The van der Waals surface area contributed by atoms with Gasteiger partial charge in [0.2, 0.25) is 29.5 Å². The molecule has 5 atom stereocenters. The van der Waals surface area contributed by atoms with Crippen LogP contribution in [0.2, 0.25) is 0 Å². The Balaban J connectivity index is 2.79. The van der Waals surface area contributed by atoms with E-state index in [-0.39, 0.29) is 19.4 Å². The van der Waals surface area contributed by atoms with E-state index in [9.17, 15) is 43.5 Å². The summed E-state index contributed by atoms with van der Waals surface area (Å²) in [6.07, 6.45) is -1.48. The van der Waals surface area contributed by atoms with Gasteiger partial charge in [0.05, 0.1) is 5.97 Å². The number of alkyl carbamates (subject to hydrolysis) is 1. The van der Waals surface area contributed by atoms with Crippen LogP contribution in [0.5, 0.6) is 0 Å². The molecule has 0 saturated heterocycles. The van der Waals surface area contributed by atoms with E-state index in [2.05, 4.69) is 26.6 Å². The van der Waals surface area contributed by atoms with E-state index in [0.717, 1.165) is 5.56 Å². The Kier molecular flexibility index (Phi) is 15.9. The Labute approximate surface area is 258 Å². The first-order chi connectivity index (χ1) is 20.6. The molecule has 1 unspecified atom stereocenters. The van der Waals surface area contributed by atoms with Gasteiger partial charge in [0.1, 0.15) is 36.8 Å². The van der Waals surface area contributed by atoms with E-state index in [0.29, 0.717) is 11.8 Å². The van der Waals surface area contributed by atoms with Crippen molar-refractivity contribution in [3.8, 4) is 0 Å². The van der Waals surface area contributed by atoms with Crippen molar-refractivity contribution in [2.45, 2.75) is 77.4 Å². The van der Waals surface area contributed by atoms with Crippen molar-refractivity contribution in [1.29, 1.82) is 0 Å². The number of thioether (sulfide) groups is 1. The fourth-order valence-corrected chi connectivity index (χ4v) is 3.78. The van der Waals surface area contributed by atoms with Gasteiger partial charge in [-0.25, -0.2) is 4.79 Å². The number of nitrogens with two attached hydrogens (primary N) is 1. The molecule has 0 bridgehead atoms. The van der Waals surface area contributed by atoms with E-state index in [1.165, 1.54) is 27.7 Å². The zero-order valence-corrected chi connectivity index (χ0v) is 25.5. The van der Waals surface area contributed by atoms with Crippen LogP contribution in [0, 0.1) is 0 Å². The standard InChI is InChI=1S/C27H38N6O10S/c1-14(22(28)37)29-23(38)15(2)31-26(41)19(10-11-21(36)44-13-20(34)35)33-25(40)16(3)30-24(39)17(4)32-27(42)43-12-18-8-6-5-7-9-18/h5-9,14-17,19H,10-13H2,1-4H3,(H2,28,37)(H,29,38)(H,30,39)(H,31,41)(H,32,42)(H,33,40)(H,34,35)/p-1/t14-,15-,16-,17-,19?/m0/s1. The number of primary amides is 1. The molecule has 0 fully saturated rings. The van der Waals surface area contributed by atoms with Gasteiger partial charge < -0.3 is 47.0 Å². The number of ether oxygens (including phenoxy) is 1. The van der Waals surface area contributed by atoms with Crippen LogP contribution in [0.4, 0.5) is 4.79 Å². The number of carboxylic acid groups (broad SMARTS) is 1. The lowest BCUT2D eigenvalue weighted by molar-refractivity contribution is -0.301. The SMILES string of the molecule is C[C@H](NC(=O)[C@H](C)NC(=O)C(CCC(=O)SCC(=O)[O-])NC(=O)[C@H](C)NC(=O)[C@H](C)NC(=O)OCc1ccccc1)C(N)=O. The third-order valence-corrected chi connectivity index (χ3v) is 6.76. The van der Waals surface area contributed by atoms with Crippen molar-refractivity contribution in [1.82, 2.24) is 26.6 Å². The average molecular weight is 638 g/mol. The highest BCUT2D eigenvalue weighted by molar-refractivity contribution is 8.14. The van der Waals surface area contributed by atoms with E-state index in [1.54, 1.807) is 30.3 Å². The number of aliphatic carboxylic acids is 1. The monoisotopic (exact) mass is 637 g/mol. The Hall–Kier alpha value is -4.67. The number of carbonyl (C=O) groups excluding carboxylic acids is 8. The zero-order valence-electron chi connectivity index (χ0n) is 24.7. The molecule has 1 aromatic rings. The molecule has 0 saturated carbocycles. The molecule has 0 radical (unpaired) electrons. The average Bonchev–Trinajstić information content (AvgIpc) is 2.96. The molecule has 0 aliphatic heterocycles. The summed E-state index contributed by atoms with van der Waals surface area (Å²) in [5.41, 5.74) is 5.85. The number of nitrogens with one attached hydrogen (secondary N) is 5. The fourth-order valence-electron chi connectivity index (χ4n) is 3.24. The van der Waals surface area contributed by atoms with Crippen LogP contribution in [0.15, 0.2) is 30.3 Å². The number of carbonyl (C=O) groups is 8.